The number of amides is 1. The first-order chi connectivity index (χ1) is 15.0. The quantitative estimate of drug-likeness (QED) is 0.630. The van der Waals surface area contributed by atoms with Crippen molar-refractivity contribution >= 4 is 16.8 Å². The van der Waals surface area contributed by atoms with Gasteiger partial charge in [-0.3, -0.25) is 4.79 Å². The van der Waals surface area contributed by atoms with Crippen molar-refractivity contribution in [3.8, 4) is 6.07 Å². The number of benzene rings is 2. The van der Waals surface area contributed by atoms with Gasteiger partial charge in [-0.15, -0.1) is 0 Å². The van der Waals surface area contributed by atoms with E-state index in [-0.39, 0.29) is 11.7 Å². The van der Waals surface area contributed by atoms with Crippen LogP contribution in [0, 0.1) is 17.1 Å². The highest BCUT2D eigenvalue weighted by Crippen LogP contribution is 2.31. The van der Waals surface area contributed by atoms with E-state index in [1.807, 2.05) is 30.5 Å². The number of hydrogen-bond donors (Lipinski definition) is 2. The summed E-state index contributed by atoms with van der Waals surface area (Å²) in [5.74, 6) is -0.263. The minimum atomic E-state index is -0.203. The predicted molar refractivity (Wildman–Crippen MR) is 119 cm³/mol. The van der Waals surface area contributed by atoms with Gasteiger partial charge >= 0.3 is 0 Å². The van der Waals surface area contributed by atoms with Gasteiger partial charge in [0, 0.05) is 42.7 Å². The van der Waals surface area contributed by atoms with Crippen LogP contribution in [0.25, 0.3) is 10.9 Å². The predicted octanol–water partition coefficient (Wildman–Crippen LogP) is 4.21. The fraction of sp³-hybridized carbons (Fsp3) is 0.360. The van der Waals surface area contributed by atoms with Gasteiger partial charge in [-0.1, -0.05) is 24.3 Å². The van der Waals surface area contributed by atoms with E-state index >= 15 is 0 Å². The van der Waals surface area contributed by atoms with E-state index in [0.29, 0.717) is 24.2 Å². The molecular weight excluding hydrogens is 391 g/mol. The highest BCUT2D eigenvalue weighted by molar-refractivity contribution is 5.87. The number of fused-ring (bicyclic) bond motifs is 1. The lowest BCUT2D eigenvalue weighted by molar-refractivity contribution is -0.119. The number of rotatable bonds is 6. The van der Waals surface area contributed by atoms with Gasteiger partial charge in [0.05, 0.1) is 5.56 Å². The van der Waals surface area contributed by atoms with Gasteiger partial charge < -0.3 is 15.2 Å². The first-order valence-electron chi connectivity index (χ1n) is 10.8. The van der Waals surface area contributed by atoms with Crippen molar-refractivity contribution < 1.29 is 9.18 Å². The van der Waals surface area contributed by atoms with E-state index in [0.717, 1.165) is 54.3 Å². The van der Waals surface area contributed by atoms with Gasteiger partial charge in [-0.05, 0) is 61.6 Å². The summed E-state index contributed by atoms with van der Waals surface area (Å²) in [7, 11) is 0. The number of aryl methyl sites for hydroxylation is 1. The third-order valence-electron chi connectivity index (χ3n) is 6.12. The first-order valence-corrected chi connectivity index (χ1v) is 10.8. The average Bonchev–Trinajstić information content (AvgIpc) is 3.15. The fourth-order valence-corrected chi connectivity index (χ4v) is 4.47. The Morgan fingerprint density at radius 3 is 2.77 bits per heavy atom. The van der Waals surface area contributed by atoms with E-state index in [2.05, 4.69) is 27.3 Å². The fourth-order valence-electron chi connectivity index (χ4n) is 4.47. The number of nitrogens with zero attached hydrogens (tertiary/aromatic N) is 2. The third kappa shape index (κ3) is 4.95. The van der Waals surface area contributed by atoms with Crippen molar-refractivity contribution in [1.82, 2.24) is 15.2 Å². The van der Waals surface area contributed by atoms with Crippen LogP contribution < -0.4 is 10.6 Å². The standard InChI is InChI=1S/C25H27FN4O/c1-17(31)29-15-19-5-9-24-20(14-27)16-30(25(24)12-19)23-10-11-28-22(13-23)8-4-18-2-6-21(26)7-3-18/h2-3,5-7,9,12,16,22-23,28H,4,8,10-11,13,15H2,1H3,(H,29,31). The Morgan fingerprint density at radius 1 is 1.26 bits per heavy atom. The first kappa shape index (κ1) is 21.1. The molecule has 2 N–H and O–H groups in total. The van der Waals surface area contributed by atoms with Crippen molar-refractivity contribution in [1.29, 1.82) is 5.26 Å². The van der Waals surface area contributed by atoms with Gasteiger partial charge in [0.15, 0.2) is 0 Å². The molecule has 0 saturated carbocycles. The Morgan fingerprint density at radius 2 is 2.03 bits per heavy atom. The van der Waals surface area contributed by atoms with E-state index < -0.39 is 0 Å². The van der Waals surface area contributed by atoms with E-state index in [9.17, 15) is 14.4 Å². The summed E-state index contributed by atoms with van der Waals surface area (Å²) in [4.78, 5) is 11.3. The second kappa shape index (κ2) is 9.32. The maximum absolute atomic E-state index is 13.1. The summed E-state index contributed by atoms with van der Waals surface area (Å²) >= 11 is 0. The molecule has 1 fully saturated rings. The van der Waals surface area contributed by atoms with Crippen LogP contribution in [-0.2, 0) is 17.8 Å². The summed E-state index contributed by atoms with van der Waals surface area (Å²) in [5, 5.41) is 17.0. The summed E-state index contributed by atoms with van der Waals surface area (Å²) in [6, 6.07) is 15.8. The van der Waals surface area contributed by atoms with Crippen molar-refractivity contribution in [3.05, 3.63) is 71.2 Å². The molecule has 1 amide bonds. The number of hydrogen-bond acceptors (Lipinski definition) is 3. The minimum absolute atomic E-state index is 0.0597. The average molecular weight is 419 g/mol. The molecule has 0 aliphatic carbocycles. The molecule has 1 saturated heterocycles. The molecule has 4 rings (SSSR count). The molecule has 0 spiro atoms. The Hall–Kier alpha value is -3.17. The molecule has 1 aliphatic heterocycles. The second-order valence-electron chi connectivity index (χ2n) is 8.32. The van der Waals surface area contributed by atoms with Crippen LogP contribution >= 0.6 is 0 Å². The zero-order valence-electron chi connectivity index (χ0n) is 17.7. The Labute approximate surface area is 181 Å². The molecule has 2 unspecified atom stereocenters. The molecule has 31 heavy (non-hydrogen) atoms. The lowest BCUT2D eigenvalue weighted by Crippen LogP contribution is -2.39. The maximum atomic E-state index is 13.1. The highest BCUT2D eigenvalue weighted by atomic mass is 19.1. The largest absolute Gasteiger partial charge is 0.352 e. The summed E-state index contributed by atoms with van der Waals surface area (Å²) in [6.07, 6.45) is 5.84. The number of carbonyl (C=O) groups is 1. The van der Waals surface area contributed by atoms with Crippen molar-refractivity contribution in [3.63, 3.8) is 0 Å². The smallest absolute Gasteiger partial charge is 0.217 e. The number of halogens is 1. The van der Waals surface area contributed by atoms with Crippen molar-refractivity contribution in [2.45, 2.75) is 51.2 Å². The second-order valence-corrected chi connectivity index (χ2v) is 8.32. The highest BCUT2D eigenvalue weighted by Gasteiger charge is 2.24. The van der Waals surface area contributed by atoms with Crippen LogP contribution in [0.2, 0.25) is 0 Å². The monoisotopic (exact) mass is 418 g/mol. The van der Waals surface area contributed by atoms with Crippen LogP contribution in [0.4, 0.5) is 4.39 Å². The van der Waals surface area contributed by atoms with E-state index in [4.69, 9.17) is 0 Å². The van der Waals surface area contributed by atoms with Gasteiger partial charge in [-0.25, -0.2) is 4.39 Å². The molecule has 2 atom stereocenters. The van der Waals surface area contributed by atoms with Crippen molar-refractivity contribution in [2.75, 3.05) is 6.54 Å². The maximum Gasteiger partial charge on any atom is 0.217 e. The van der Waals surface area contributed by atoms with Gasteiger partial charge in [0.1, 0.15) is 11.9 Å². The van der Waals surface area contributed by atoms with Gasteiger partial charge in [0.25, 0.3) is 0 Å². The molecule has 160 valence electrons. The van der Waals surface area contributed by atoms with Crippen LogP contribution in [0.1, 0.15) is 48.9 Å². The number of nitrogens with one attached hydrogen (secondary N) is 2. The van der Waals surface area contributed by atoms with Crippen LogP contribution in [0.15, 0.2) is 48.7 Å². The molecule has 6 heteroatoms. The number of aromatic nitrogens is 1. The molecule has 5 nitrogen and oxygen atoms in total. The third-order valence-corrected chi connectivity index (χ3v) is 6.12. The topological polar surface area (TPSA) is 69.8 Å². The molecule has 0 bridgehead atoms. The van der Waals surface area contributed by atoms with Crippen LogP contribution in [0.3, 0.4) is 0 Å². The number of piperidine rings is 1. The molecular formula is C25H27FN4O. The minimum Gasteiger partial charge on any atom is -0.352 e. The Kier molecular flexibility index (Phi) is 6.34. The van der Waals surface area contributed by atoms with Crippen molar-refractivity contribution in [2.24, 2.45) is 0 Å². The SMILES string of the molecule is CC(=O)NCc1ccc2c(C#N)cn(C3CCNC(CCc4ccc(F)cc4)C3)c2c1. The molecule has 2 aromatic carbocycles. The van der Waals surface area contributed by atoms with E-state index in [1.54, 1.807) is 0 Å². The normalized spacial score (nSPS) is 18.6. The number of nitriles is 1. The van der Waals surface area contributed by atoms with Gasteiger partial charge in [-0.2, -0.15) is 5.26 Å². The Bertz CT molecular complexity index is 1110. The molecule has 1 aromatic heterocycles. The lowest BCUT2D eigenvalue weighted by atomic mass is 9.94. The zero-order valence-corrected chi connectivity index (χ0v) is 17.7. The molecule has 1 aliphatic rings. The Balaban J connectivity index is 1.52. The van der Waals surface area contributed by atoms with Crippen LogP contribution in [-0.4, -0.2) is 23.1 Å². The summed E-state index contributed by atoms with van der Waals surface area (Å²) in [5.41, 5.74) is 3.89. The number of carbonyl (C=O) groups excluding carboxylic acids is 1. The summed E-state index contributed by atoms with van der Waals surface area (Å²) < 4.78 is 15.4. The molecule has 3 aromatic rings. The van der Waals surface area contributed by atoms with Crippen LogP contribution in [0.5, 0.6) is 0 Å². The van der Waals surface area contributed by atoms with Gasteiger partial charge in [0.2, 0.25) is 5.91 Å². The van der Waals surface area contributed by atoms with E-state index in [1.165, 1.54) is 19.1 Å². The lowest BCUT2D eigenvalue weighted by Gasteiger charge is -2.32. The molecule has 2 heterocycles. The summed E-state index contributed by atoms with van der Waals surface area (Å²) in [6.45, 7) is 2.91. The molecule has 0 radical (unpaired) electrons. The zero-order chi connectivity index (χ0) is 21.8.